The number of nitrogens with zero attached hydrogens (tertiary/aromatic N) is 3. The zero-order chi connectivity index (χ0) is 15.6. The number of rotatable bonds is 3. The monoisotopic (exact) mass is 293 g/mol. The predicted molar refractivity (Wildman–Crippen MR) is 83.8 cm³/mol. The number of nitrogen functional groups attached to an aromatic ring is 1. The third-order valence-corrected chi connectivity index (χ3v) is 3.93. The number of carbonyl (C=O) groups excluding carboxylic acids is 1. The van der Waals surface area contributed by atoms with Crippen LogP contribution in [0.25, 0.3) is 0 Å². The molecule has 118 valence electrons. The van der Waals surface area contributed by atoms with Crippen molar-refractivity contribution in [2.45, 2.75) is 58.2 Å². The third kappa shape index (κ3) is 4.20. The molecule has 1 atom stereocenters. The number of likely N-dealkylation sites (tertiary alicyclic amines) is 1. The van der Waals surface area contributed by atoms with Gasteiger partial charge in [0, 0.05) is 24.8 Å². The first-order valence-electron chi connectivity index (χ1n) is 7.63. The molecule has 0 saturated carbocycles. The largest absolute Gasteiger partial charge is 0.382 e. The van der Waals surface area contributed by atoms with Crippen molar-refractivity contribution in [2.75, 3.05) is 18.8 Å². The molecule has 0 aromatic carbocycles. The Labute approximate surface area is 126 Å². The van der Waals surface area contributed by atoms with E-state index in [1.165, 1.54) is 0 Å². The summed E-state index contributed by atoms with van der Waals surface area (Å²) in [4.78, 5) is 14.5. The number of nitrogens with two attached hydrogens (primary N) is 1. The lowest BCUT2D eigenvalue weighted by atomic mass is 10.0. The van der Waals surface area contributed by atoms with Crippen LogP contribution < -0.4 is 11.1 Å². The number of nitrogens with one attached hydrogen (secondary N) is 1. The SMILES string of the molecule is CC(C(=O)NC(C)(C)C)N1CCC(n2ccc(N)n2)CC1. The van der Waals surface area contributed by atoms with Gasteiger partial charge < -0.3 is 11.1 Å². The maximum Gasteiger partial charge on any atom is 0.237 e. The summed E-state index contributed by atoms with van der Waals surface area (Å²) in [5.41, 5.74) is 5.48. The quantitative estimate of drug-likeness (QED) is 0.883. The Morgan fingerprint density at radius 3 is 2.52 bits per heavy atom. The predicted octanol–water partition coefficient (Wildman–Crippen LogP) is 1.41. The first-order chi connectivity index (χ1) is 9.76. The highest BCUT2D eigenvalue weighted by Crippen LogP contribution is 2.23. The molecular formula is C15H27N5O. The van der Waals surface area contributed by atoms with Crippen molar-refractivity contribution in [3.63, 3.8) is 0 Å². The van der Waals surface area contributed by atoms with Gasteiger partial charge in [-0.1, -0.05) is 0 Å². The van der Waals surface area contributed by atoms with Gasteiger partial charge in [0.2, 0.25) is 5.91 Å². The lowest BCUT2D eigenvalue weighted by molar-refractivity contribution is -0.127. The second-order valence-electron chi connectivity index (χ2n) is 6.90. The smallest absolute Gasteiger partial charge is 0.237 e. The molecule has 0 bridgehead atoms. The molecule has 1 amide bonds. The van der Waals surface area contributed by atoms with Gasteiger partial charge in [-0.2, -0.15) is 5.10 Å². The standard InChI is InChI=1S/C15H27N5O/c1-11(14(21)17-15(2,3)4)19-8-5-12(6-9-19)20-10-7-13(16)18-20/h7,10-12H,5-6,8-9H2,1-4H3,(H2,16,18)(H,17,21). The molecule has 1 aliphatic heterocycles. The third-order valence-electron chi connectivity index (χ3n) is 3.93. The van der Waals surface area contributed by atoms with Crippen LogP contribution >= 0.6 is 0 Å². The number of carbonyl (C=O) groups is 1. The zero-order valence-electron chi connectivity index (χ0n) is 13.5. The van der Waals surface area contributed by atoms with Crippen LogP contribution in [0.5, 0.6) is 0 Å². The Balaban J connectivity index is 1.87. The molecular weight excluding hydrogens is 266 g/mol. The summed E-state index contributed by atoms with van der Waals surface area (Å²) in [6, 6.07) is 2.12. The molecule has 0 spiro atoms. The summed E-state index contributed by atoms with van der Waals surface area (Å²) in [6.45, 7) is 9.81. The molecule has 1 aromatic heterocycles. The van der Waals surface area contributed by atoms with E-state index in [-0.39, 0.29) is 17.5 Å². The number of hydrogen-bond donors (Lipinski definition) is 2. The van der Waals surface area contributed by atoms with E-state index in [4.69, 9.17) is 5.73 Å². The molecule has 1 unspecified atom stereocenters. The fourth-order valence-electron chi connectivity index (χ4n) is 2.73. The summed E-state index contributed by atoms with van der Waals surface area (Å²) in [5, 5.41) is 7.33. The lowest BCUT2D eigenvalue weighted by Gasteiger charge is -2.36. The highest BCUT2D eigenvalue weighted by molar-refractivity contribution is 5.81. The van der Waals surface area contributed by atoms with Crippen molar-refractivity contribution in [2.24, 2.45) is 0 Å². The normalized spacial score (nSPS) is 19.4. The van der Waals surface area contributed by atoms with Crippen LogP contribution in [0.2, 0.25) is 0 Å². The van der Waals surface area contributed by atoms with Crippen LogP contribution in [-0.4, -0.2) is 45.3 Å². The van der Waals surface area contributed by atoms with Gasteiger partial charge in [-0.3, -0.25) is 14.4 Å². The van der Waals surface area contributed by atoms with Crippen LogP contribution in [-0.2, 0) is 4.79 Å². The number of hydrogen-bond acceptors (Lipinski definition) is 4. The van der Waals surface area contributed by atoms with Crippen molar-refractivity contribution >= 4 is 11.7 Å². The Morgan fingerprint density at radius 1 is 1.43 bits per heavy atom. The molecule has 2 heterocycles. The molecule has 2 rings (SSSR count). The Kier molecular flexibility index (Phi) is 4.56. The fraction of sp³-hybridized carbons (Fsp3) is 0.733. The summed E-state index contributed by atoms with van der Waals surface area (Å²) in [5.74, 6) is 0.666. The maximum absolute atomic E-state index is 12.2. The number of amides is 1. The maximum atomic E-state index is 12.2. The lowest BCUT2D eigenvalue weighted by Crippen LogP contribution is -2.52. The second-order valence-corrected chi connectivity index (χ2v) is 6.90. The molecule has 1 fully saturated rings. The van der Waals surface area contributed by atoms with Gasteiger partial charge in [-0.05, 0) is 46.6 Å². The Hall–Kier alpha value is -1.56. The fourth-order valence-corrected chi connectivity index (χ4v) is 2.73. The Bertz CT molecular complexity index is 482. The molecule has 1 aromatic rings. The van der Waals surface area contributed by atoms with Gasteiger partial charge in [-0.15, -0.1) is 0 Å². The van der Waals surface area contributed by atoms with Gasteiger partial charge in [0.1, 0.15) is 5.82 Å². The molecule has 0 radical (unpaired) electrons. The number of aromatic nitrogens is 2. The first kappa shape index (κ1) is 15.8. The average Bonchev–Trinajstić information content (AvgIpc) is 2.83. The number of piperidine rings is 1. The van der Waals surface area contributed by atoms with E-state index in [1.807, 2.05) is 44.6 Å². The van der Waals surface area contributed by atoms with Gasteiger partial charge >= 0.3 is 0 Å². The molecule has 0 aliphatic carbocycles. The molecule has 1 saturated heterocycles. The average molecular weight is 293 g/mol. The van der Waals surface area contributed by atoms with Gasteiger partial charge in [-0.25, -0.2) is 0 Å². The molecule has 6 nitrogen and oxygen atoms in total. The minimum Gasteiger partial charge on any atom is -0.382 e. The molecule has 1 aliphatic rings. The summed E-state index contributed by atoms with van der Waals surface area (Å²) in [7, 11) is 0. The van der Waals surface area contributed by atoms with Crippen LogP contribution in [0.15, 0.2) is 12.3 Å². The van der Waals surface area contributed by atoms with E-state index in [2.05, 4.69) is 15.3 Å². The van der Waals surface area contributed by atoms with Gasteiger partial charge in [0.15, 0.2) is 0 Å². The van der Waals surface area contributed by atoms with E-state index >= 15 is 0 Å². The molecule has 21 heavy (non-hydrogen) atoms. The molecule has 3 N–H and O–H groups in total. The van der Waals surface area contributed by atoms with E-state index in [1.54, 1.807) is 0 Å². The highest BCUT2D eigenvalue weighted by Gasteiger charge is 2.29. The zero-order valence-corrected chi connectivity index (χ0v) is 13.5. The topological polar surface area (TPSA) is 76.2 Å². The summed E-state index contributed by atoms with van der Waals surface area (Å²) >= 11 is 0. The van der Waals surface area contributed by atoms with Crippen LogP contribution in [0, 0.1) is 0 Å². The first-order valence-corrected chi connectivity index (χ1v) is 7.63. The summed E-state index contributed by atoms with van der Waals surface area (Å²) < 4.78 is 1.95. The minimum absolute atomic E-state index is 0.0899. The molecule has 6 heteroatoms. The van der Waals surface area contributed by atoms with Crippen molar-refractivity contribution in [1.29, 1.82) is 0 Å². The van der Waals surface area contributed by atoms with Crippen LogP contribution in [0.1, 0.15) is 46.6 Å². The van der Waals surface area contributed by atoms with Crippen LogP contribution in [0.3, 0.4) is 0 Å². The van der Waals surface area contributed by atoms with Crippen molar-refractivity contribution in [3.05, 3.63) is 12.3 Å². The van der Waals surface area contributed by atoms with Crippen LogP contribution in [0.4, 0.5) is 5.82 Å². The Morgan fingerprint density at radius 2 is 2.05 bits per heavy atom. The minimum atomic E-state index is -0.184. The van der Waals surface area contributed by atoms with Crippen molar-refractivity contribution < 1.29 is 4.79 Å². The van der Waals surface area contributed by atoms with Gasteiger partial charge in [0.05, 0.1) is 12.1 Å². The highest BCUT2D eigenvalue weighted by atomic mass is 16.2. The van der Waals surface area contributed by atoms with E-state index in [9.17, 15) is 4.79 Å². The summed E-state index contributed by atoms with van der Waals surface area (Å²) in [6.07, 6.45) is 3.92. The van der Waals surface area contributed by atoms with E-state index in [0.29, 0.717) is 11.9 Å². The number of anilines is 1. The van der Waals surface area contributed by atoms with Crippen molar-refractivity contribution in [1.82, 2.24) is 20.0 Å². The van der Waals surface area contributed by atoms with E-state index in [0.717, 1.165) is 25.9 Å². The van der Waals surface area contributed by atoms with E-state index < -0.39 is 0 Å². The second kappa shape index (κ2) is 6.05. The van der Waals surface area contributed by atoms with Gasteiger partial charge in [0.25, 0.3) is 0 Å². The van der Waals surface area contributed by atoms with Crippen molar-refractivity contribution in [3.8, 4) is 0 Å².